The topological polar surface area (TPSA) is 131 Å². The molecule has 0 aliphatic heterocycles. The molecular weight excluding hydrogens is 477 g/mol. The second-order valence-electron chi connectivity index (χ2n) is 6.37. The molecule has 0 aliphatic carbocycles. The number of non-ortho nitro benzene ring substituents is 1. The van der Waals surface area contributed by atoms with Crippen molar-refractivity contribution < 1.29 is 33.1 Å². The highest BCUT2D eigenvalue weighted by atomic mass is 79.9. The molecule has 0 saturated heterocycles. The van der Waals surface area contributed by atoms with E-state index < -0.39 is 41.5 Å². The number of nitrogens with one attached hydrogen (secondary N) is 1. The Bertz CT molecular complexity index is 917. The lowest BCUT2D eigenvalue weighted by Crippen LogP contribution is -2.42. The van der Waals surface area contributed by atoms with E-state index in [1.807, 2.05) is 0 Å². The molecule has 13 heteroatoms. The lowest BCUT2D eigenvalue weighted by atomic mass is 10.0. The lowest BCUT2D eigenvalue weighted by Gasteiger charge is -2.22. The van der Waals surface area contributed by atoms with E-state index in [-0.39, 0.29) is 34.4 Å². The van der Waals surface area contributed by atoms with Gasteiger partial charge in [-0.25, -0.2) is 0 Å². The van der Waals surface area contributed by atoms with Gasteiger partial charge in [0.25, 0.3) is 5.69 Å². The van der Waals surface area contributed by atoms with E-state index >= 15 is 0 Å². The first-order valence-electron chi connectivity index (χ1n) is 8.58. The first-order valence-corrected chi connectivity index (χ1v) is 9.37. The largest absolute Gasteiger partial charge is 0.436 e. The van der Waals surface area contributed by atoms with E-state index in [2.05, 4.69) is 26.3 Å². The Morgan fingerprint density at radius 2 is 1.97 bits per heavy atom. The van der Waals surface area contributed by atoms with Gasteiger partial charge in [0.05, 0.1) is 34.3 Å². The van der Waals surface area contributed by atoms with Crippen molar-refractivity contribution in [2.24, 2.45) is 0 Å². The van der Waals surface area contributed by atoms with Gasteiger partial charge in [0.2, 0.25) is 5.91 Å². The van der Waals surface area contributed by atoms with Gasteiger partial charge in [0.15, 0.2) is 5.69 Å². The van der Waals surface area contributed by atoms with E-state index in [1.165, 1.54) is 31.2 Å². The van der Waals surface area contributed by atoms with Gasteiger partial charge in [-0.05, 0) is 40.5 Å². The Morgan fingerprint density at radius 1 is 1.37 bits per heavy atom. The third-order valence-corrected chi connectivity index (χ3v) is 5.27. The number of amides is 1. The van der Waals surface area contributed by atoms with Crippen LogP contribution >= 0.6 is 15.9 Å². The van der Waals surface area contributed by atoms with Crippen LogP contribution in [0.2, 0.25) is 0 Å². The molecule has 2 unspecified atom stereocenters. The van der Waals surface area contributed by atoms with Crippen molar-refractivity contribution in [2.75, 3.05) is 6.61 Å². The lowest BCUT2D eigenvalue weighted by molar-refractivity contribution is -0.384. The normalized spacial score (nSPS) is 13.7. The van der Waals surface area contributed by atoms with E-state index in [4.69, 9.17) is 0 Å². The van der Waals surface area contributed by atoms with Gasteiger partial charge in [0, 0.05) is 18.6 Å². The number of nitro benzene ring substituents is 1. The summed E-state index contributed by atoms with van der Waals surface area (Å²) in [5.41, 5.74) is -0.849. The number of hydrogen-bond donors (Lipinski definition) is 3. The Hall–Kier alpha value is -2.51. The van der Waals surface area contributed by atoms with Crippen LogP contribution < -0.4 is 5.32 Å². The molecule has 164 valence electrons. The molecule has 0 radical (unpaired) electrons. The fourth-order valence-corrected chi connectivity index (χ4v) is 3.17. The van der Waals surface area contributed by atoms with E-state index in [0.717, 1.165) is 4.68 Å². The molecule has 9 nitrogen and oxygen atoms in total. The van der Waals surface area contributed by atoms with Gasteiger partial charge >= 0.3 is 6.18 Å². The number of halogens is 4. The SMILES string of the molecule is Cc1c(Br)c(C(F)(F)F)nn1CCC(=O)NC(CO)C(O)c1ccc([N+](=O)[O-])cc1. The molecule has 1 amide bonds. The summed E-state index contributed by atoms with van der Waals surface area (Å²) in [6.45, 7) is 0.631. The van der Waals surface area contributed by atoms with Gasteiger partial charge in [-0.2, -0.15) is 18.3 Å². The summed E-state index contributed by atoms with van der Waals surface area (Å²) >= 11 is 2.84. The number of rotatable bonds is 8. The highest BCUT2D eigenvalue weighted by Crippen LogP contribution is 2.35. The molecule has 3 N–H and O–H groups in total. The number of hydrogen-bond acceptors (Lipinski definition) is 6. The number of aromatic nitrogens is 2. The molecule has 0 fully saturated rings. The quantitative estimate of drug-likeness (QED) is 0.381. The summed E-state index contributed by atoms with van der Waals surface area (Å²) in [5.74, 6) is -0.630. The van der Waals surface area contributed by atoms with E-state index in [0.29, 0.717) is 0 Å². The third-order valence-electron chi connectivity index (χ3n) is 4.32. The summed E-state index contributed by atoms with van der Waals surface area (Å²) < 4.78 is 39.5. The summed E-state index contributed by atoms with van der Waals surface area (Å²) in [6.07, 6.45) is -6.25. The maximum absolute atomic E-state index is 12.9. The molecular formula is C17H18BrF3N4O5. The van der Waals surface area contributed by atoms with Gasteiger partial charge in [-0.3, -0.25) is 19.6 Å². The number of nitro groups is 1. The van der Waals surface area contributed by atoms with Crippen molar-refractivity contribution >= 4 is 27.5 Å². The monoisotopic (exact) mass is 494 g/mol. The molecule has 0 bridgehead atoms. The smallest absolute Gasteiger partial charge is 0.394 e. The van der Waals surface area contributed by atoms with Crippen LogP contribution in [0.5, 0.6) is 0 Å². The zero-order chi connectivity index (χ0) is 22.6. The molecule has 1 aromatic carbocycles. The summed E-state index contributed by atoms with van der Waals surface area (Å²) in [6, 6.07) is 3.81. The Morgan fingerprint density at radius 3 is 2.43 bits per heavy atom. The fraction of sp³-hybridized carbons (Fsp3) is 0.412. The minimum atomic E-state index is -4.64. The van der Waals surface area contributed by atoms with Crippen molar-refractivity contribution in [3.05, 3.63) is 55.8 Å². The Kier molecular flexibility index (Phi) is 7.55. The van der Waals surface area contributed by atoms with E-state index in [1.54, 1.807) is 0 Å². The maximum Gasteiger partial charge on any atom is 0.436 e. The predicted molar refractivity (Wildman–Crippen MR) is 101 cm³/mol. The summed E-state index contributed by atoms with van der Waals surface area (Å²) in [7, 11) is 0. The molecule has 30 heavy (non-hydrogen) atoms. The van der Waals surface area contributed by atoms with Crippen LogP contribution in [-0.4, -0.2) is 43.5 Å². The van der Waals surface area contributed by atoms with Crippen molar-refractivity contribution in [1.82, 2.24) is 15.1 Å². The van der Waals surface area contributed by atoms with Gasteiger partial charge in [-0.15, -0.1) is 0 Å². The molecule has 1 heterocycles. The van der Waals surface area contributed by atoms with Crippen LogP contribution in [0.25, 0.3) is 0 Å². The zero-order valence-electron chi connectivity index (χ0n) is 15.6. The van der Waals surface area contributed by atoms with Crippen LogP contribution in [-0.2, 0) is 17.5 Å². The first kappa shape index (κ1) is 23.8. The van der Waals surface area contributed by atoms with Gasteiger partial charge in [0.1, 0.15) is 6.10 Å². The number of carbonyl (C=O) groups excluding carboxylic acids is 1. The highest BCUT2D eigenvalue weighted by Gasteiger charge is 2.38. The van der Waals surface area contributed by atoms with Crippen LogP contribution in [0, 0.1) is 17.0 Å². The van der Waals surface area contributed by atoms with Crippen molar-refractivity contribution in [3.63, 3.8) is 0 Å². The minimum Gasteiger partial charge on any atom is -0.394 e. The summed E-state index contributed by atoms with van der Waals surface area (Å²) in [5, 5.41) is 36.3. The fourth-order valence-electron chi connectivity index (χ4n) is 2.66. The number of aryl methyl sites for hydroxylation is 1. The highest BCUT2D eigenvalue weighted by molar-refractivity contribution is 9.10. The number of nitrogens with zero attached hydrogens (tertiary/aromatic N) is 3. The standard InChI is InChI=1S/C17H18BrF3N4O5/c1-9-14(18)16(17(19,20)21)23-24(9)7-6-13(27)22-12(8-26)15(28)10-2-4-11(5-3-10)25(29)30/h2-5,12,15,26,28H,6-8H2,1H3,(H,22,27). The van der Waals surface area contributed by atoms with Crippen molar-refractivity contribution in [1.29, 1.82) is 0 Å². The van der Waals surface area contributed by atoms with Gasteiger partial charge < -0.3 is 15.5 Å². The molecule has 0 aliphatic rings. The second kappa shape index (κ2) is 9.53. The maximum atomic E-state index is 12.9. The third kappa shape index (κ3) is 5.55. The minimum absolute atomic E-state index is 0.155. The molecule has 0 spiro atoms. The van der Waals surface area contributed by atoms with Crippen LogP contribution in [0.15, 0.2) is 28.7 Å². The second-order valence-corrected chi connectivity index (χ2v) is 7.16. The van der Waals surface area contributed by atoms with Crippen molar-refractivity contribution in [2.45, 2.75) is 38.2 Å². The predicted octanol–water partition coefficient (Wildman–Crippen LogP) is 2.48. The number of benzene rings is 1. The first-order chi connectivity index (χ1) is 14.0. The molecule has 2 rings (SSSR count). The van der Waals surface area contributed by atoms with Crippen LogP contribution in [0.3, 0.4) is 0 Å². The number of carbonyl (C=O) groups is 1. The number of aliphatic hydroxyl groups excluding tert-OH is 2. The van der Waals surface area contributed by atoms with Crippen LogP contribution in [0.1, 0.15) is 29.5 Å². The number of alkyl halides is 3. The number of aliphatic hydroxyl groups is 2. The Balaban J connectivity index is 2.01. The average molecular weight is 495 g/mol. The molecule has 2 aromatic rings. The molecule has 2 atom stereocenters. The van der Waals surface area contributed by atoms with Crippen LogP contribution in [0.4, 0.5) is 18.9 Å². The van der Waals surface area contributed by atoms with Gasteiger partial charge in [-0.1, -0.05) is 0 Å². The molecule has 1 aromatic heterocycles. The average Bonchev–Trinajstić information content (AvgIpc) is 2.98. The van der Waals surface area contributed by atoms with E-state index in [9.17, 15) is 38.3 Å². The molecule has 0 saturated carbocycles. The summed E-state index contributed by atoms with van der Waals surface area (Å²) in [4.78, 5) is 22.2. The van der Waals surface area contributed by atoms with Crippen molar-refractivity contribution in [3.8, 4) is 0 Å². The Labute approximate surface area is 176 Å². The zero-order valence-corrected chi connectivity index (χ0v) is 17.1.